The number of hydrogen-bond donors (Lipinski definition) is 1. The minimum atomic E-state index is 0.260. The van der Waals surface area contributed by atoms with Gasteiger partial charge in [0.2, 0.25) is 0 Å². The van der Waals surface area contributed by atoms with Gasteiger partial charge in [0.05, 0.1) is 0 Å². The molecular formula is C13H15NO. The average Bonchev–Trinajstić information content (AvgIpc) is 2.43. The van der Waals surface area contributed by atoms with Crippen LogP contribution in [0.25, 0.3) is 0 Å². The normalized spacial score (nSPS) is 23.7. The summed E-state index contributed by atoms with van der Waals surface area (Å²) in [6.07, 6.45) is 5.46. The maximum atomic E-state index is 11.9. The van der Waals surface area contributed by atoms with Gasteiger partial charge in [-0.25, -0.2) is 0 Å². The molecule has 0 amide bonds. The summed E-state index contributed by atoms with van der Waals surface area (Å²) < 4.78 is 0. The Bertz CT molecular complexity index is 436. The number of rotatable bonds is 0. The van der Waals surface area contributed by atoms with Crippen molar-refractivity contribution in [3.8, 4) is 0 Å². The predicted molar refractivity (Wildman–Crippen MR) is 60.1 cm³/mol. The molecule has 0 fully saturated rings. The summed E-state index contributed by atoms with van der Waals surface area (Å²) in [6.45, 7) is 0. The van der Waals surface area contributed by atoms with Crippen LogP contribution in [0.15, 0.2) is 12.1 Å². The zero-order valence-corrected chi connectivity index (χ0v) is 8.75. The molecule has 0 aliphatic heterocycles. The fraction of sp³-hybridized carbons (Fsp3) is 0.462. The zero-order valence-electron chi connectivity index (χ0n) is 8.75. The molecule has 78 valence electrons. The Balaban J connectivity index is 2.26. The van der Waals surface area contributed by atoms with Crippen LogP contribution in [0.5, 0.6) is 0 Å². The van der Waals surface area contributed by atoms with Gasteiger partial charge in [0.15, 0.2) is 5.78 Å². The third-order valence-corrected chi connectivity index (χ3v) is 3.74. The number of carbonyl (C=O) groups excluding carboxylic acids is 1. The van der Waals surface area contributed by atoms with E-state index in [0.29, 0.717) is 18.0 Å². The lowest BCUT2D eigenvalue weighted by atomic mass is 9.94. The Morgan fingerprint density at radius 3 is 3.00 bits per heavy atom. The maximum absolute atomic E-state index is 11.9. The van der Waals surface area contributed by atoms with Crippen molar-refractivity contribution >= 4 is 11.5 Å². The topological polar surface area (TPSA) is 43.1 Å². The van der Waals surface area contributed by atoms with Crippen LogP contribution in [0.3, 0.4) is 0 Å². The second-order valence-electron chi connectivity index (χ2n) is 4.67. The predicted octanol–water partition coefficient (Wildman–Crippen LogP) is 2.67. The molecule has 0 saturated heterocycles. The molecule has 0 spiro atoms. The molecule has 1 aromatic rings. The molecule has 1 atom stereocenters. The highest BCUT2D eigenvalue weighted by Gasteiger charge is 2.33. The van der Waals surface area contributed by atoms with Crippen LogP contribution in [-0.2, 0) is 6.42 Å². The Morgan fingerprint density at radius 1 is 1.27 bits per heavy atom. The Kier molecular flexibility index (Phi) is 1.84. The van der Waals surface area contributed by atoms with Crippen molar-refractivity contribution in [3.63, 3.8) is 0 Å². The first kappa shape index (κ1) is 8.96. The molecule has 2 aliphatic carbocycles. The Labute approximate surface area is 89.5 Å². The van der Waals surface area contributed by atoms with Crippen LogP contribution in [-0.4, -0.2) is 5.78 Å². The number of anilines is 1. The van der Waals surface area contributed by atoms with E-state index in [-0.39, 0.29) is 5.78 Å². The number of ketones is 1. The fourth-order valence-electron chi connectivity index (χ4n) is 3.06. The molecule has 0 heterocycles. The van der Waals surface area contributed by atoms with Crippen molar-refractivity contribution < 1.29 is 4.79 Å². The van der Waals surface area contributed by atoms with E-state index < -0.39 is 0 Å². The number of carbonyl (C=O) groups is 1. The van der Waals surface area contributed by atoms with Gasteiger partial charge in [-0.2, -0.15) is 0 Å². The van der Waals surface area contributed by atoms with Gasteiger partial charge in [-0.3, -0.25) is 4.79 Å². The minimum Gasteiger partial charge on any atom is -0.398 e. The highest BCUT2D eigenvalue weighted by Crippen LogP contribution is 2.43. The number of nitrogen functional groups attached to an aromatic ring is 1. The van der Waals surface area contributed by atoms with Crippen molar-refractivity contribution in [3.05, 3.63) is 28.8 Å². The van der Waals surface area contributed by atoms with Crippen molar-refractivity contribution in [2.24, 2.45) is 0 Å². The Morgan fingerprint density at radius 2 is 2.13 bits per heavy atom. The summed E-state index contributed by atoms with van der Waals surface area (Å²) in [7, 11) is 0. The molecule has 0 aromatic heterocycles. The zero-order chi connectivity index (χ0) is 10.4. The average molecular weight is 201 g/mol. The molecule has 0 saturated carbocycles. The monoisotopic (exact) mass is 201 g/mol. The molecule has 0 radical (unpaired) electrons. The van der Waals surface area contributed by atoms with E-state index in [1.807, 2.05) is 6.07 Å². The van der Waals surface area contributed by atoms with Crippen LogP contribution >= 0.6 is 0 Å². The van der Waals surface area contributed by atoms with Crippen LogP contribution < -0.4 is 5.73 Å². The largest absolute Gasteiger partial charge is 0.398 e. The number of Topliss-reactive ketones (excluding diaryl/α,β-unsaturated/α-hetero) is 1. The standard InChI is InChI=1S/C13H15NO/c14-10-6-5-8-3-1-2-4-9-7-11(15)13(10)12(8)9/h5-6,9H,1-4,7,14H2. The molecular weight excluding hydrogens is 186 g/mol. The molecule has 3 rings (SSSR count). The smallest absolute Gasteiger partial charge is 0.165 e. The molecule has 2 heteroatoms. The summed E-state index contributed by atoms with van der Waals surface area (Å²) in [6, 6.07) is 4.02. The number of hydrogen-bond acceptors (Lipinski definition) is 2. The van der Waals surface area contributed by atoms with Crippen molar-refractivity contribution in [1.82, 2.24) is 0 Å². The van der Waals surface area contributed by atoms with Crippen LogP contribution in [0.4, 0.5) is 5.69 Å². The Hall–Kier alpha value is -1.31. The van der Waals surface area contributed by atoms with Gasteiger partial charge >= 0.3 is 0 Å². The van der Waals surface area contributed by atoms with Crippen LogP contribution in [0.1, 0.15) is 53.1 Å². The van der Waals surface area contributed by atoms with Crippen molar-refractivity contribution in [1.29, 1.82) is 0 Å². The van der Waals surface area contributed by atoms with E-state index in [2.05, 4.69) is 6.07 Å². The highest BCUT2D eigenvalue weighted by molar-refractivity contribution is 6.06. The first-order valence-electron chi connectivity index (χ1n) is 5.72. The SMILES string of the molecule is Nc1ccc2c3c1C(=O)CC3CCCC2. The summed E-state index contributed by atoms with van der Waals surface area (Å²) in [5, 5.41) is 0. The van der Waals surface area contributed by atoms with Gasteiger partial charge < -0.3 is 5.73 Å². The van der Waals surface area contributed by atoms with Gasteiger partial charge in [0.25, 0.3) is 0 Å². The molecule has 2 N–H and O–H groups in total. The van der Waals surface area contributed by atoms with Gasteiger partial charge in [0, 0.05) is 17.7 Å². The summed E-state index contributed by atoms with van der Waals surface area (Å²) >= 11 is 0. The molecule has 2 aliphatic rings. The lowest BCUT2D eigenvalue weighted by molar-refractivity contribution is 0.0988. The molecule has 2 nitrogen and oxygen atoms in total. The molecule has 15 heavy (non-hydrogen) atoms. The second-order valence-corrected chi connectivity index (χ2v) is 4.67. The molecule has 0 bridgehead atoms. The third kappa shape index (κ3) is 1.21. The first-order chi connectivity index (χ1) is 7.27. The number of nitrogens with two attached hydrogens (primary N) is 1. The lowest BCUT2D eigenvalue weighted by Crippen LogP contribution is -2.01. The lowest BCUT2D eigenvalue weighted by Gasteiger charge is -2.11. The van der Waals surface area contributed by atoms with E-state index in [0.717, 1.165) is 18.4 Å². The van der Waals surface area contributed by atoms with E-state index in [1.165, 1.54) is 24.0 Å². The van der Waals surface area contributed by atoms with Crippen molar-refractivity contribution in [2.75, 3.05) is 5.73 Å². The highest BCUT2D eigenvalue weighted by atomic mass is 16.1. The molecule has 1 unspecified atom stereocenters. The number of aryl methyl sites for hydroxylation is 1. The minimum absolute atomic E-state index is 0.260. The van der Waals surface area contributed by atoms with E-state index >= 15 is 0 Å². The van der Waals surface area contributed by atoms with Crippen LogP contribution in [0, 0.1) is 0 Å². The van der Waals surface area contributed by atoms with E-state index in [9.17, 15) is 4.79 Å². The fourth-order valence-corrected chi connectivity index (χ4v) is 3.06. The molecule has 1 aromatic carbocycles. The van der Waals surface area contributed by atoms with E-state index in [4.69, 9.17) is 5.73 Å². The van der Waals surface area contributed by atoms with Crippen molar-refractivity contribution in [2.45, 2.75) is 38.0 Å². The summed E-state index contributed by atoms with van der Waals surface area (Å²) in [5.74, 6) is 0.727. The van der Waals surface area contributed by atoms with Gasteiger partial charge in [-0.05, 0) is 42.4 Å². The number of benzene rings is 1. The van der Waals surface area contributed by atoms with E-state index in [1.54, 1.807) is 0 Å². The van der Waals surface area contributed by atoms with Gasteiger partial charge in [-0.1, -0.05) is 12.5 Å². The van der Waals surface area contributed by atoms with Crippen LogP contribution in [0.2, 0.25) is 0 Å². The quantitative estimate of drug-likeness (QED) is 0.656. The van der Waals surface area contributed by atoms with Gasteiger partial charge in [-0.15, -0.1) is 0 Å². The van der Waals surface area contributed by atoms with Gasteiger partial charge in [0.1, 0.15) is 0 Å². The first-order valence-corrected chi connectivity index (χ1v) is 5.72. The summed E-state index contributed by atoms with van der Waals surface area (Å²) in [5.41, 5.74) is 10.1. The third-order valence-electron chi connectivity index (χ3n) is 3.74. The summed E-state index contributed by atoms with van der Waals surface area (Å²) in [4.78, 5) is 11.9. The maximum Gasteiger partial charge on any atom is 0.165 e. The second kappa shape index (κ2) is 3.09.